The average Bonchev–Trinajstić information content (AvgIpc) is 3.24. The van der Waals surface area contributed by atoms with Crippen LogP contribution in [0, 0.1) is 17.8 Å². The summed E-state index contributed by atoms with van der Waals surface area (Å²) in [7, 11) is 0. The molecule has 0 bridgehead atoms. The molecule has 1 aromatic carbocycles. The Hall–Kier alpha value is -1.30. The Labute approximate surface area is 122 Å². The van der Waals surface area contributed by atoms with Crippen LogP contribution in [0.15, 0.2) is 24.3 Å². The first-order valence-corrected chi connectivity index (χ1v) is 7.73. The van der Waals surface area contributed by atoms with Gasteiger partial charge >= 0.3 is 0 Å². The van der Waals surface area contributed by atoms with E-state index in [1.165, 1.54) is 37.9 Å². The van der Waals surface area contributed by atoms with Crippen molar-refractivity contribution in [3.8, 4) is 11.8 Å². The highest BCUT2D eigenvalue weighted by molar-refractivity contribution is 5.37. The van der Waals surface area contributed by atoms with Gasteiger partial charge in [0.1, 0.15) is 0 Å². The number of benzene rings is 1. The van der Waals surface area contributed by atoms with Gasteiger partial charge in [0.05, 0.1) is 6.61 Å². The van der Waals surface area contributed by atoms with E-state index in [0.29, 0.717) is 6.42 Å². The molecule has 2 rings (SSSR count). The molecule has 0 aromatic heterocycles. The van der Waals surface area contributed by atoms with Gasteiger partial charge in [0, 0.05) is 25.1 Å². The van der Waals surface area contributed by atoms with Crippen LogP contribution in [0.3, 0.4) is 0 Å². The third kappa shape index (κ3) is 5.36. The second-order valence-electron chi connectivity index (χ2n) is 5.65. The Morgan fingerprint density at radius 3 is 2.90 bits per heavy atom. The van der Waals surface area contributed by atoms with Crippen LogP contribution >= 0.6 is 0 Å². The van der Waals surface area contributed by atoms with Gasteiger partial charge in [-0.05, 0) is 49.4 Å². The van der Waals surface area contributed by atoms with E-state index in [4.69, 9.17) is 5.11 Å². The highest BCUT2D eigenvalue weighted by Crippen LogP contribution is 2.30. The zero-order chi connectivity index (χ0) is 14.2. The molecule has 1 saturated carbocycles. The number of hydrogen-bond acceptors (Lipinski definition) is 2. The minimum Gasteiger partial charge on any atom is -0.395 e. The van der Waals surface area contributed by atoms with Crippen LogP contribution in [0.1, 0.15) is 43.7 Å². The molecule has 0 atom stereocenters. The Bertz CT molecular complexity index is 468. The van der Waals surface area contributed by atoms with Crippen molar-refractivity contribution in [3.05, 3.63) is 35.4 Å². The van der Waals surface area contributed by atoms with Crippen molar-refractivity contribution in [3.63, 3.8) is 0 Å². The third-order valence-corrected chi connectivity index (χ3v) is 3.56. The van der Waals surface area contributed by atoms with Crippen LogP contribution in [0.5, 0.6) is 0 Å². The predicted molar refractivity (Wildman–Crippen MR) is 83.3 cm³/mol. The van der Waals surface area contributed by atoms with Gasteiger partial charge < -0.3 is 5.11 Å². The highest BCUT2D eigenvalue weighted by atomic mass is 16.2. The molecule has 0 heterocycles. The van der Waals surface area contributed by atoms with Crippen molar-refractivity contribution in [1.82, 2.24) is 4.90 Å². The summed E-state index contributed by atoms with van der Waals surface area (Å²) in [6.45, 7) is 5.83. The summed E-state index contributed by atoms with van der Waals surface area (Å²) < 4.78 is 0. The van der Waals surface area contributed by atoms with Gasteiger partial charge in [0.15, 0.2) is 0 Å². The van der Waals surface area contributed by atoms with Crippen LogP contribution in [-0.4, -0.2) is 29.7 Å². The summed E-state index contributed by atoms with van der Waals surface area (Å²) >= 11 is 0. The van der Waals surface area contributed by atoms with Crippen molar-refractivity contribution in [2.24, 2.45) is 5.92 Å². The lowest BCUT2D eigenvalue weighted by molar-refractivity contribution is 0.255. The molecule has 1 aromatic rings. The third-order valence-electron chi connectivity index (χ3n) is 3.56. The van der Waals surface area contributed by atoms with E-state index in [9.17, 15) is 0 Å². The number of aliphatic hydroxyl groups excluding tert-OH is 1. The van der Waals surface area contributed by atoms with Gasteiger partial charge in [-0.15, -0.1) is 0 Å². The molecule has 0 saturated heterocycles. The molecule has 2 nitrogen and oxygen atoms in total. The van der Waals surface area contributed by atoms with Gasteiger partial charge in [-0.3, -0.25) is 4.90 Å². The summed E-state index contributed by atoms with van der Waals surface area (Å²) in [6, 6.07) is 8.49. The fourth-order valence-corrected chi connectivity index (χ4v) is 2.44. The molecule has 0 aliphatic heterocycles. The second kappa shape index (κ2) is 8.09. The normalized spacial score (nSPS) is 14.2. The van der Waals surface area contributed by atoms with Gasteiger partial charge in [-0.1, -0.05) is 30.9 Å². The van der Waals surface area contributed by atoms with E-state index in [-0.39, 0.29) is 6.61 Å². The van der Waals surface area contributed by atoms with Crippen LogP contribution in [0.2, 0.25) is 0 Å². The first kappa shape index (κ1) is 15.1. The Kier molecular flexibility index (Phi) is 6.11. The summed E-state index contributed by atoms with van der Waals surface area (Å²) in [4.78, 5) is 2.57. The number of hydrogen-bond donors (Lipinski definition) is 1. The zero-order valence-electron chi connectivity index (χ0n) is 12.4. The molecule has 20 heavy (non-hydrogen) atoms. The Balaban J connectivity index is 1.96. The first-order chi connectivity index (χ1) is 9.81. The van der Waals surface area contributed by atoms with E-state index >= 15 is 0 Å². The molecular formula is C18H25NO. The lowest BCUT2D eigenvalue weighted by Gasteiger charge is -2.21. The molecule has 0 unspecified atom stereocenters. The molecule has 108 valence electrons. The largest absolute Gasteiger partial charge is 0.395 e. The minimum absolute atomic E-state index is 0.137. The van der Waals surface area contributed by atoms with Crippen molar-refractivity contribution < 1.29 is 5.11 Å². The van der Waals surface area contributed by atoms with E-state index in [0.717, 1.165) is 18.0 Å². The summed E-state index contributed by atoms with van der Waals surface area (Å²) in [5, 5.41) is 8.76. The molecule has 1 N–H and O–H groups in total. The Morgan fingerprint density at radius 2 is 2.20 bits per heavy atom. The van der Waals surface area contributed by atoms with Gasteiger partial charge in [0.25, 0.3) is 0 Å². The van der Waals surface area contributed by atoms with Crippen molar-refractivity contribution in [1.29, 1.82) is 0 Å². The standard InChI is InChI=1S/C18H25NO/c1-2-11-19(14-17-9-10-17)15-18-8-5-7-16(13-18)6-3-4-12-20/h5,7-8,13,17,20H,2,4,9-12,14-15H2,1H3. The quantitative estimate of drug-likeness (QED) is 0.771. The second-order valence-corrected chi connectivity index (χ2v) is 5.65. The van der Waals surface area contributed by atoms with Crippen LogP contribution in [-0.2, 0) is 6.54 Å². The first-order valence-electron chi connectivity index (χ1n) is 7.73. The van der Waals surface area contributed by atoms with Crippen LogP contribution in [0.4, 0.5) is 0 Å². The average molecular weight is 271 g/mol. The molecule has 1 aliphatic carbocycles. The topological polar surface area (TPSA) is 23.5 Å². The van der Waals surface area contributed by atoms with E-state index in [2.05, 4.69) is 41.9 Å². The monoisotopic (exact) mass is 271 g/mol. The minimum atomic E-state index is 0.137. The lowest BCUT2D eigenvalue weighted by Crippen LogP contribution is -2.26. The predicted octanol–water partition coefficient (Wildman–Crippen LogP) is 3.04. The maximum absolute atomic E-state index is 8.76. The zero-order valence-corrected chi connectivity index (χ0v) is 12.4. The summed E-state index contributed by atoms with van der Waals surface area (Å²) in [5.41, 5.74) is 2.40. The molecule has 1 fully saturated rings. The van der Waals surface area contributed by atoms with Gasteiger partial charge in [-0.2, -0.15) is 0 Å². The lowest BCUT2D eigenvalue weighted by atomic mass is 10.1. The molecule has 2 heteroatoms. The van der Waals surface area contributed by atoms with Gasteiger partial charge in [-0.25, -0.2) is 0 Å². The summed E-state index contributed by atoms with van der Waals surface area (Å²) in [5.74, 6) is 7.04. The maximum atomic E-state index is 8.76. The Morgan fingerprint density at radius 1 is 1.35 bits per heavy atom. The van der Waals surface area contributed by atoms with Crippen LogP contribution in [0.25, 0.3) is 0 Å². The van der Waals surface area contributed by atoms with E-state index < -0.39 is 0 Å². The fraction of sp³-hybridized carbons (Fsp3) is 0.556. The number of aliphatic hydroxyl groups is 1. The van der Waals surface area contributed by atoms with Crippen LogP contribution < -0.4 is 0 Å². The van der Waals surface area contributed by atoms with Crippen molar-refractivity contribution in [2.75, 3.05) is 19.7 Å². The van der Waals surface area contributed by atoms with Gasteiger partial charge in [0.2, 0.25) is 0 Å². The molecule has 0 amide bonds. The van der Waals surface area contributed by atoms with E-state index in [1.54, 1.807) is 0 Å². The fourth-order valence-electron chi connectivity index (χ4n) is 2.44. The highest BCUT2D eigenvalue weighted by Gasteiger charge is 2.23. The molecule has 1 aliphatic rings. The maximum Gasteiger partial charge on any atom is 0.0540 e. The number of nitrogens with zero attached hydrogens (tertiary/aromatic N) is 1. The van der Waals surface area contributed by atoms with E-state index in [1.807, 2.05) is 6.07 Å². The SMILES string of the molecule is CCCN(Cc1cccc(C#CCCO)c1)CC1CC1. The van der Waals surface area contributed by atoms with Crippen molar-refractivity contribution in [2.45, 2.75) is 39.2 Å². The molecule has 0 spiro atoms. The number of rotatable bonds is 7. The molecular weight excluding hydrogens is 246 g/mol. The van der Waals surface area contributed by atoms with Crippen molar-refractivity contribution >= 4 is 0 Å². The molecule has 0 radical (unpaired) electrons. The summed E-state index contributed by atoms with van der Waals surface area (Å²) in [6.07, 6.45) is 4.58. The smallest absolute Gasteiger partial charge is 0.0540 e.